The molecule has 0 radical (unpaired) electrons. The van der Waals surface area contributed by atoms with Crippen molar-refractivity contribution in [3.05, 3.63) is 59.8 Å². The van der Waals surface area contributed by atoms with Crippen LogP contribution in [0.3, 0.4) is 0 Å². The van der Waals surface area contributed by atoms with E-state index in [0.29, 0.717) is 35.6 Å². The van der Waals surface area contributed by atoms with Crippen molar-refractivity contribution >= 4 is 17.5 Å². The number of hydrogen-bond acceptors (Lipinski definition) is 7. The Morgan fingerprint density at radius 3 is 2.64 bits per heavy atom. The van der Waals surface area contributed by atoms with E-state index in [0.717, 1.165) is 25.3 Å². The number of nitrogens with two attached hydrogens (primary N) is 1. The fraction of sp³-hybridized carbons (Fsp3) is 0.423. The molecule has 10 nitrogen and oxygen atoms in total. The highest BCUT2D eigenvalue weighted by atomic mass is 19.4. The van der Waals surface area contributed by atoms with Gasteiger partial charge in [0.1, 0.15) is 11.4 Å². The molecule has 5 heterocycles. The quantitative estimate of drug-likeness (QED) is 0.360. The number of amides is 1. The average molecular weight is 543 g/mol. The van der Waals surface area contributed by atoms with Crippen molar-refractivity contribution in [3.63, 3.8) is 0 Å². The summed E-state index contributed by atoms with van der Waals surface area (Å²) in [7, 11) is 0. The van der Waals surface area contributed by atoms with Gasteiger partial charge in [-0.1, -0.05) is 13.0 Å². The van der Waals surface area contributed by atoms with E-state index in [1.807, 2.05) is 20.0 Å². The Labute approximate surface area is 222 Å². The summed E-state index contributed by atoms with van der Waals surface area (Å²) >= 11 is 0. The molecular weight excluding hydrogens is 513 g/mol. The van der Waals surface area contributed by atoms with Gasteiger partial charge in [0.25, 0.3) is 5.91 Å². The fourth-order valence-electron chi connectivity index (χ4n) is 4.79. The number of fused-ring (bicyclic) bond motifs is 1. The van der Waals surface area contributed by atoms with Crippen LogP contribution in [0.4, 0.5) is 19.1 Å². The van der Waals surface area contributed by atoms with Crippen molar-refractivity contribution in [3.8, 4) is 11.1 Å². The number of pyridine rings is 2. The number of carbonyl (C=O) groups excluding carboxylic acids is 1. The van der Waals surface area contributed by atoms with Crippen LogP contribution in [0.2, 0.25) is 0 Å². The van der Waals surface area contributed by atoms with Crippen LogP contribution in [0, 0.1) is 5.92 Å². The number of nitrogen functional groups attached to an aromatic ring is 1. The summed E-state index contributed by atoms with van der Waals surface area (Å²) in [5, 5.41) is 11.7. The maximum absolute atomic E-state index is 13.1. The number of anilines is 1. The second-order valence-electron chi connectivity index (χ2n) is 9.73. The van der Waals surface area contributed by atoms with Gasteiger partial charge >= 0.3 is 6.18 Å². The van der Waals surface area contributed by atoms with Crippen LogP contribution >= 0.6 is 0 Å². The van der Waals surface area contributed by atoms with Crippen LogP contribution in [0.1, 0.15) is 60.9 Å². The topological polar surface area (TPSA) is 125 Å². The molecule has 3 N–H and O–H groups in total. The van der Waals surface area contributed by atoms with Crippen molar-refractivity contribution in [1.29, 1.82) is 0 Å². The molecule has 2 unspecified atom stereocenters. The second kappa shape index (κ2) is 10.6. The number of carbonyl (C=O) groups is 1. The first kappa shape index (κ1) is 26.6. The zero-order valence-electron chi connectivity index (χ0n) is 21.5. The molecule has 206 valence electrons. The monoisotopic (exact) mass is 542 g/mol. The molecule has 0 aromatic carbocycles. The second-order valence-corrected chi connectivity index (χ2v) is 9.73. The standard InChI is InChI=1S/C26H29F3N8O2/c1-3-15(2)33-24(38)20-10-18(11-22-34-25(30)35-37(20)22)19-13-32-36(14-19)23(16-6-8-39-9-7-16)17-4-5-21(31-12-17)26(27,28)29/h4-5,10-16,23H,3,6-9H2,1-2H3,(H2,30,35)(H,33,38). The molecule has 0 spiro atoms. The smallest absolute Gasteiger partial charge is 0.381 e. The minimum absolute atomic E-state index is 0.0369. The Balaban J connectivity index is 1.53. The van der Waals surface area contributed by atoms with E-state index in [1.54, 1.807) is 23.0 Å². The van der Waals surface area contributed by atoms with Crippen LogP contribution in [-0.4, -0.2) is 54.5 Å². The molecule has 0 aliphatic carbocycles. The highest BCUT2D eigenvalue weighted by molar-refractivity contribution is 5.95. The van der Waals surface area contributed by atoms with Gasteiger partial charge in [0.15, 0.2) is 5.65 Å². The van der Waals surface area contributed by atoms with Crippen molar-refractivity contribution in [2.24, 2.45) is 5.92 Å². The first-order valence-corrected chi connectivity index (χ1v) is 12.8. The minimum atomic E-state index is -4.52. The molecule has 4 aromatic rings. The SMILES string of the molecule is CCC(C)NC(=O)c1cc(-c2cnn(C(c3ccc(C(F)(F)F)nc3)C3CCOCC3)c2)cc2nc(N)nn12. The first-order chi connectivity index (χ1) is 18.6. The summed E-state index contributed by atoms with van der Waals surface area (Å²) in [4.78, 5) is 21.0. The molecule has 5 rings (SSSR count). The van der Waals surface area contributed by atoms with E-state index in [9.17, 15) is 18.0 Å². The van der Waals surface area contributed by atoms with Gasteiger partial charge in [-0.25, -0.2) is 4.52 Å². The van der Waals surface area contributed by atoms with Gasteiger partial charge in [0, 0.05) is 37.2 Å². The minimum Gasteiger partial charge on any atom is -0.381 e. The van der Waals surface area contributed by atoms with E-state index < -0.39 is 11.9 Å². The highest BCUT2D eigenvalue weighted by Crippen LogP contribution is 2.36. The lowest BCUT2D eigenvalue weighted by Gasteiger charge is -2.30. The van der Waals surface area contributed by atoms with Gasteiger partial charge in [-0.3, -0.25) is 14.5 Å². The van der Waals surface area contributed by atoms with Crippen molar-refractivity contribution in [2.75, 3.05) is 18.9 Å². The lowest BCUT2D eigenvalue weighted by molar-refractivity contribution is -0.141. The zero-order valence-corrected chi connectivity index (χ0v) is 21.5. The molecule has 1 aliphatic heterocycles. The number of halogens is 3. The molecule has 0 bridgehead atoms. The normalized spacial score (nSPS) is 16.3. The van der Waals surface area contributed by atoms with Crippen LogP contribution in [0.15, 0.2) is 42.9 Å². The number of nitrogens with zero attached hydrogens (tertiary/aromatic N) is 6. The Hall–Kier alpha value is -4.00. The highest BCUT2D eigenvalue weighted by Gasteiger charge is 2.34. The van der Waals surface area contributed by atoms with Crippen LogP contribution in [0.25, 0.3) is 16.8 Å². The number of ether oxygens (including phenoxy) is 1. The fourth-order valence-corrected chi connectivity index (χ4v) is 4.79. The summed E-state index contributed by atoms with van der Waals surface area (Å²) in [6, 6.07) is 5.52. The van der Waals surface area contributed by atoms with Crippen LogP contribution in [0.5, 0.6) is 0 Å². The molecule has 39 heavy (non-hydrogen) atoms. The Bertz CT molecular complexity index is 1460. The summed E-state index contributed by atoms with van der Waals surface area (Å²) in [6.07, 6.45) is 2.44. The van der Waals surface area contributed by atoms with E-state index in [2.05, 4.69) is 25.5 Å². The van der Waals surface area contributed by atoms with E-state index >= 15 is 0 Å². The van der Waals surface area contributed by atoms with Gasteiger partial charge in [-0.05, 0) is 61.4 Å². The van der Waals surface area contributed by atoms with Gasteiger partial charge in [0.05, 0.1) is 12.2 Å². The van der Waals surface area contributed by atoms with Gasteiger partial charge in [-0.2, -0.15) is 23.3 Å². The Kier molecular flexibility index (Phi) is 7.25. The largest absolute Gasteiger partial charge is 0.433 e. The molecule has 4 aromatic heterocycles. The summed E-state index contributed by atoms with van der Waals surface area (Å²) in [5.41, 5.74) is 7.56. The van der Waals surface area contributed by atoms with Crippen LogP contribution in [-0.2, 0) is 10.9 Å². The molecular formula is C26H29F3N8O2. The van der Waals surface area contributed by atoms with E-state index in [-0.39, 0.29) is 35.6 Å². The zero-order chi connectivity index (χ0) is 27.7. The van der Waals surface area contributed by atoms with E-state index in [4.69, 9.17) is 10.5 Å². The molecule has 13 heteroatoms. The van der Waals surface area contributed by atoms with Crippen LogP contribution < -0.4 is 11.1 Å². The summed E-state index contributed by atoms with van der Waals surface area (Å²) in [5.74, 6) is -0.195. The van der Waals surface area contributed by atoms with E-state index in [1.165, 1.54) is 16.8 Å². The summed E-state index contributed by atoms with van der Waals surface area (Å²) < 4.78 is 48.1. The lowest BCUT2D eigenvalue weighted by atomic mass is 9.87. The lowest BCUT2D eigenvalue weighted by Crippen LogP contribution is -2.33. The number of rotatable bonds is 7. The summed E-state index contributed by atoms with van der Waals surface area (Å²) in [6.45, 7) is 5.00. The van der Waals surface area contributed by atoms with Gasteiger partial charge in [-0.15, -0.1) is 5.10 Å². The number of nitrogens with one attached hydrogen (secondary N) is 1. The maximum Gasteiger partial charge on any atom is 0.433 e. The maximum atomic E-state index is 13.1. The van der Waals surface area contributed by atoms with Crippen molar-refractivity contribution in [1.82, 2.24) is 34.7 Å². The molecule has 1 amide bonds. The molecule has 1 aliphatic rings. The number of alkyl halides is 3. The number of aromatic nitrogens is 6. The third kappa shape index (κ3) is 5.58. The van der Waals surface area contributed by atoms with Gasteiger partial charge < -0.3 is 15.8 Å². The number of hydrogen-bond donors (Lipinski definition) is 2. The predicted molar refractivity (Wildman–Crippen MR) is 137 cm³/mol. The molecule has 1 fully saturated rings. The predicted octanol–water partition coefficient (Wildman–Crippen LogP) is 4.13. The average Bonchev–Trinajstić information content (AvgIpc) is 3.54. The molecule has 2 atom stereocenters. The van der Waals surface area contributed by atoms with Crippen molar-refractivity contribution in [2.45, 2.75) is 51.4 Å². The van der Waals surface area contributed by atoms with Crippen molar-refractivity contribution < 1.29 is 22.7 Å². The first-order valence-electron chi connectivity index (χ1n) is 12.8. The third-order valence-electron chi connectivity index (χ3n) is 7.03. The Morgan fingerprint density at radius 2 is 1.97 bits per heavy atom. The third-order valence-corrected chi connectivity index (χ3v) is 7.03. The molecule has 0 saturated carbocycles. The Morgan fingerprint density at radius 1 is 1.21 bits per heavy atom. The van der Waals surface area contributed by atoms with Gasteiger partial charge in [0.2, 0.25) is 5.95 Å². The molecule has 1 saturated heterocycles.